The van der Waals surface area contributed by atoms with E-state index in [1.54, 1.807) is 0 Å². The van der Waals surface area contributed by atoms with Crippen LogP contribution in [-0.2, 0) is 14.4 Å². The molecule has 0 aliphatic heterocycles. The quantitative estimate of drug-likeness (QED) is 0.123. The van der Waals surface area contributed by atoms with E-state index in [9.17, 15) is 0 Å². The van der Waals surface area contributed by atoms with Crippen molar-refractivity contribution in [2.24, 2.45) is 0 Å². The normalized spacial score (nSPS) is 18.8. The number of fused-ring (bicyclic) bond motifs is 8. The summed E-state index contributed by atoms with van der Waals surface area (Å²) in [6, 6.07) is 55.6. The Balaban J connectivity index is 1.32. The molecular formula is C52H48SiZr. The predicted octanol–water partition coefficient (Wildman–Crippen LogP) is 14.3. The topological polar surface area (TPSA) is 0 Å². The van der Waals surface area contributed by atoms with Gasteiger partial charge in [-0.05, 0) is 0 Å². The summed E-state index contributed by atoms with van der Waals surface area (Å²) in [5, 5.41) is 10.6. The van der Waals surface area contributed by atoms with Gasteiger partial charge in [-0.2, -0.15) is 0 Å². The van der Waals surface area contributed by atoms with Crippen molar-refractivity contribution < 1.29 is 14.4 Å². The molecule has 0 saturated heterocycles. The van der Waals surface area contributed by atoms with Gasteiger partial charge < -0.3 is 0 Å². The minimum atomic E-state index is -5.36. The third-order valence-corrected chi connectivity index (χ3v) is 36.4. The van der Waals surface area contributed by atoms with Crippen LogP contribution in [0.1, 0.15) is 51.8 Å². The van der Waals surface area contributed by atoms with E-state index in [2.05, 4.69) is 197 Å². The molecular weight excluding hydrogens is 744 g/mol. The van der Waals surface area contributed by atoms with E-state index in [1.807, 2.05) is 0 Å². The molecule has 0 N–H and O–H groups in total. The number of benzene rings is 8. The molecule has 0 bridgehead atoms. The van der Waals surface area contributed by atoms with Crippen LogP contribution >= 0.6 is 0 Å². The van der Waals surface area contributed by atoms with E-state index < -0.39 is 14.4 Å². The Morgan fingerprint density at radius 1 is 0.426 bits per heavy atom. The first-order valence-corrected chi connectivity index (χ1v) is 38.3. The average molecular weight is 792 g/mol. The van der Waals surface area contributed by atoms with Crippen LogP contribution < -0.4 is 0 Å². The molecule has 2 atom stereocenters. The van der Waals surface area contributed by atoms with E-state index >= 15 is 0 Å². The van der Waals surface area contributed by atoms with Gasteiger partial charge in [0.15, 0.2) is 0 Å². The third kappa shape index (κ3) is 4.82. The molecule has 0 spiro atoms. The Labute approximate surface area is 315 Å². The molecule has 10 rings (SSSR count). The summed E-state index contributed by atoms with van der Waals surface area (Å²) in [6.07, 6.45) is 5.16. The van der Waals surface area contributed by atoms with E-state index in [-0.39, 0.29) is 7.25 Å². The zero-order valence-corrected chi connectivity index (χ0v) is 36.2. The van der Waals surface area contributed by atoms with Gasteiger partial charge in [-0.3, -0.25) is 0 Å². The molecule has 2 heteroatoms. The molecule has 2 aliphatic rings. The van der Waals surface area contributed by atoms with Crippen molar-refractivity contribution in [2.75, 3.05) is 0 Å². The summed E-state index contributed by atoms with van der Waals surface area (Å²) in [4.78, 5) is 0. The summed E-state index contributed by atoms with van der Waals surface area (Å²) in [6.45, 7) is 7.00. The van der Waals surface area contributed by atoms with Crippen molar-refractivity contribution in [3.63, 3.8) is 0 Å². The fourth-order valence-corrected chi connectivity index (χ4v) is 36.3. The number of allylic oxidation sites excluding steroid dienone is 2. The summed E-state index contributed by atoms with van der Waals surface area (Å²) in [5.74, 6) is 0. The summed E-state index contributed by atoms with van der Waals surface area (Å²) in [5.41, 5.74) is 14.1. The zero-order valence-electron chi connectivity index (χ0n) is 32.4. The van der Waals surface area contributed by atoms with Crippen LogP contribution in [0.25, 0.3) is 66.4 Å². The average Bonchev–Trinajstić information content (AvgIpc) is 3.75. The van der Waals surface area contributed by atoms with E-state index in [0.717, 1.165) is 0 Å². The van der Waals surface area contributed by atoms with Gasteiger partial charge in [-0.25, -0.2) is 0 Å². The second kappa shape index (κ2) is 10.4. The van der Waals surface area contributed by atoms with Crippen LogP contribution in [0, 0.1) is 13.8 Å². The number of aryl methyl sites for hydroxylation is 2. The van der Waals surface area contributed by atoms with Gasteiger partial charge >= 0.3 is 317 Å². The fraction of sp³-hybridized carbons (Fsp3) is 0.154. The second-order valence-corrected chi connectivity index (χ2v) is 81.3. The van der Waals surface area contributed by atoms with Gasteiger partial charge in [0, 0.05) is 0 Å². The first-order valence-electron chi connectivity index (χ1n) is 19.7. The zero-order chi connectivity index (χ0) is 37.3. The van der Waals surface area contributed by atoms with E-state index in [0.29, 0.717) is 0 Å². The predicted molar refractivity (Wildman–Crippen MR) is 238 cm³/mol. The maximum atomic E-state index is 2.81. The Bertz CT molecular complexity index is 2960. The van der Waals surface area contributed by atoms with Gasteiger partial charge in [0.1, 0.15) is 0 Å². The third-order valence-electron chi connectivity index (χ3n) is 13.5. The number of hydrogen-bond donors (Lipinski definition) is 0. The van der Waals surface area contributed by atoms with Crippen LogP contribution in [-0.4, -0.2) is 6.88 Å². The van der Waals surface area contributed by atoms with Gasteiger partial charge in [-0.1, -0.05) is 0 Å². The second-order valence-electron chi connectivity index (χ2n) is 21.0. The van der Waals surface area contributed by atoms with E-state index in [1.165, 1.54) is 98.7 Å². The van der Waals surface area contributed by atoms with Crippen molar-refractivity contribution in [2.45, 2.75) is 39.6 Å². The molecule has 0 nitrogen and oxygen atoms in total. The Hall–Kier alpha value is -4.62. The van der Waals surface area contributed by atoms with Gasteiger partial charge in [0.25, 0.3) is 0 Å². The van der Waals surface area contributed by atoms with Crippen molar-refractivity contribution in [1.82, 2.24) is 0 Å². The first kappa shape index (κ1) is 33.9. The van der Waals surface area contributed by atoms with Crippen LogP contribution in [0.3, 0.4) is 0 Å². The van der Waals surface area contributed by atoms with Gasteiger partial charge in [0.2, 0.25) is 0 Å². The number of rotatable bonds is 4. The molecule has 54 heavy (non-hydrogen) atoms. The molecule has 0 aromatic heterocycles. The molecule has 0 heterocycles. The Kier molecular flexibility index (Phi) is 6.51. The SMILES string of the molecule is Cc1cc(C2=Cc3ccccc3[CH]2[Zr]([CH3])([CH3])([CH3])([CH3])(=[SiH2])[CH]2C(c3cc(C)cc4ccc5ccccc5c34)=Cc3ccccc32)c2c(ccc3ccccc32)c1. The molecule has 0 amide bonds. The van der Waals surface area contributed by atoms with Gasteiger partial charge in [0.05, 0.1) is 0 Å². The standard InChI is InChI=1S/2C24H17.4CH3.H2Si.Zr/c2*1-16-12-20-11-10-17-6-4-5-9-22(17)24(20)23(13-16)21-14-18-7-2-3-8-19(18)15-21;;;;;;/h2*2-15H,1H3;4*1H3;1H2;. The molecule has 8 aromatic rings. The summed E-state index contributed by atoms with van der Waals surface area (Å²) >= 11 is -5.36. The van der Waals surface area contributed by atoms with Crippen LogP contribution in [0.5, 0.6) is 0 Å². The fourth-order valence-electron chi connectivity index (χ4n) is 11.6. The van der Waals surface area contributed by atoms with Crippen molar-refractivity contribution in [3.05, 3.63) is 190 Å². The molecule has 0 radical (unpaired) electrons. The molecule has 2 aliphatic carbocycles. The van der Waals surface area contributed by atoms with Crippen molar-refractivity contribution in [3.8, 4) is 0 Å². The van der Waals surface area contributed by atoms with Crippen LogP contribution in [0.2, 0.25) is 18.5 Å². The Morgan fingerprint density at radius 3 is 1.24 bits per heavy atom. The number of hydrogen-bond acceptors (Lipinski definition) is 0. The van der Waals surface area contributed by atoms with Crippen LogP contribution in [0.15, 0.2) is 146 Å². The summed E-state index contributed by atoms with van der Waals surface area (Å²) in [7, 11) is 0. The minimum absolute atomic E-state index is 0.215. The van der Waals surface area contributed by atoms with E-state index in [4.69, 9.17) is 0 Å². The summed E-state index contributed by atoms with van der Waals surface area (Å²) < 4.78 is 11.7. The Morgan fingerprint density at radius 2 is 0.796 bits per heavy atom. The molecule has 2 unspecified atom stereocenters. The molecule has 0 saturated carbocycles. The van der Waals surface area contributed by atoms with Gasteiger partial charge in [-0.15, -0.1) is 0 Å². The molecule has 264 valence electrons. The first-order chi connectivity index (χ1) is 25.6. The monoisotopic (exact) mass is 790 g/mol. The van der Waals surface area contributed by atoms with Crippen molar-refractivity contribution >= 4 is 73.3 Å². The van der Waals surface area contributed by atoms with Crippen LogP contribution in [0.4, 0.5) is 0 Å². The molecule has 8 aromatic carbocycles. The van der Waals surface area contributed by atoms with Crippen molar-refractivity contribution in [1.29, 1.82) is 0 Å². The maximum absolute atomic E-state index is 5.36. The molecule has 0 fully saturated rings.